The molecule has 7 nitrogen and oxygen atoms in total. The van der Waals surface area contributed by atoms with Crippen LogP contribution in [0, 0.1) is 23.0 Å². The average molecular weight is 254 g/mol. The van der Waals surface area contributed by atoms with Crippen molar-refractivity contribution in [3.63, 3.8) is 0 Å². The van der Waals surface area contributed by atoms with E-state index in [4.69, 9.17) is 4.74 Å². The Bertz CT molecular complexity index is 457. The van der Waals surface area contributed by atoms with Crippen molar-refractivity contribution in [2.24, 2.45) is 13.0 Å². The number of anilines is 1. The largest absolute Gasteiger partial charge is 0.406 e. The molecule has 2 unspecified atom stereocenters. The summed E-state index contributed by atoms with van der Waals surface area (Å²) >= 11 is 0. The summed E-state index contributed by atoms with van der Waals surface area (Å²) in [5, 5.41) is 14.0. The van der Waals surface area contributed by atoms with Crippen LogP contribution in [-0.4, -0.2) is 33.7 Å². The van der Waals surface area contributed by atoms with Gasteiger partial charge in [0, 0.05) is 33.0 Å². The second kappa shape index (κ2) is 4.93. The van der Waals surface area contributed by atoms with E-state index in [1.807, 2.05) is 6.92 Å². The molecule has 0 spiro atoms. The number of imidazole rings is 1. The van der Waals surface area contributed by atoms with Gasteiger partial charge >= 0.3 is 5.82 Å². The van der Waals surface area contributed by atoms with Gasteiger partial charge in [0.05, 0.1) is 6.10 Å². The molecular formula is C11H18N4O3. The van der Waals surface area contributed by atoms with Gasteiger partial charge < -0.3 is 20.2 Å². The lowest BCUT2D eigenvalue weighted by molar-refractivity contribution is -0.388. The quantitative estimate of drug-likeness (QED) is 0.650. The highest BCUT2D eigenvalue weighted by molar-refractivity contribution is 5.53. The lowest BCUT2D eigenvalue weighted by Gasteiger charge is -2.15. The first-order valence-electron chi connectivity index (χ1n) is 6.04. The van der Waals surface area contributed by atoms with E-state index >= 15 is 0 Å². The number of aromatic nitrogens is 2. The molecule has 2 rings (SSSR count). The number of nitrogens with one attached hydrogen (secondary N) is 1. The molecule has 1 aromatic rings. The molecule has 0 saturated carbocycles. The number of nitrogens with zero attached hydrogens (tertiary/aromatic N) is 3. The van der Waals surface area contributed by atoms with Crippen LogP contribution in [0.2, 0.25) is 0 Å². The maximum absolute atomic E-state index is 10.9. The van der Waals surface area contributed by atoms with Crippen LogP contribution >= 0.6 is 0 Å². The van der Waals surface area contributed by atoms with Gasteiger partial charge in [0.1, 0.15) is 0 Å². The molecule has 2 heterocycles. The Morgan fingerprint density at radius 2 is 2.39 bits per heavy atom. The molecular weight excluding hydrogens is 236 g/mol. The van der Waals surface area contributed by atoms with Crippen LogP contribution in [0.5, 0.6) is 0 Å². The fraction of sp³-hybridized carbons (Fsp3) is 0.727. The van der Waals surface area contributed by atoms with Crippen LogP contribution in [0.25, 0.3) is 0 Å². The summed E-state index contributed by atoms with van der Waals surface area (Å²) in [6.45, 7) is 5.21. The van der Waals surface area contributed by atoms with Crippen molar-refractivity contribution >= 4 is 11.6 Å². The summed E-state index contributed by atoms with van der Waals surface area (Å²) in [5.74, 6) is 1.37. The fourth-order valence-electron chi connectivity index (χ4n) is 2.19. The van der Waals surface area contributed by atoms with Gasteiger partial charge in [-0.25, -0.2) is 0 Å². The van der Waals surface area contributed by atoms with Gasteiger partial charge in [0.15, 0.2) is 0 Å². The molecule has 1 aliphatic rings. The molecule has 100 valence electrons. The van der Waals surface area contributed by atoms with Crippen molar-refractivity contribution in [1.82, 2.24) is 9.55 Å². The highest BCUT2D eigenvalue weighted by Gasteiger charge is 2.27. The number of hydrogen-bond acceptors (Lipinski definition) is 5. The van der Waals surface area contributed by atoms with E-state index < -0.39 is 4.92 Å². The summed E-state index contributed by atoms with van der Waals surface area (Å²) in [6, 6.07) is 0. The second-order valence-corrected chi connectivity index (χ2v) is 4.65. The van der Waals surface area contributed by atoms with Crippen LogP contribution in [0.1, 0.15) is 19.2 Å². The Balaban J connectivity index is 2.11. The smallest absolute Gasteiger partial charge is 0.378 e. The number of ether oxygens (including phenoxy) is 1. The zero-order chi connectivity index (χ0) is 13.3. The summed E-state index contributed by atoms with van der Waals surface area (Å²) in [5.41, 5.74) is 0. The minimum Gasteiger partial charge on any atom is -0.378 e. The number of hydrogen-bond donors (Lipinski definition) is 1. The Morgan fingerprint density at radius 1 is 1.67 bits per heavy atom. The van der Waals surface area contributed by atoms with E-state index in [1.54, 1.807) is 18.5 Å². The third kappa shape index (κ3) is 2.31. The molecule has 18 heavy (non-hydrogen) atoms. The van der Waals surface area contributed by atoms with E-state index in [1.165, 1.54) is 0 Å². The van der Waals surface area contributed by atoms with Gasteiger partial charge in [-0.15, -0.1) is 0 Å². The van der Waals surface area contributed by atoms with Crippen molar-refractivity contribution in [3.8, 4) is 0 Å². The SMILES string of the molecule is Cc1nc([N+](=O)[O-])c(NCC2CCOC2C)n1C. The maximum atomic E-state index is 10.9. The standard InChI is InChI=1S/C11H18N4O3/c1-7-9(4-5-18-7)6-12-10-11(15(16)17)13-8(2)14(10)3/h7,9,12H,4-6H2,1-3H3. The number of aryl methyl sites for hydroxylation is 1. The van der Waals surface area contributed by atoms with Crippen LogP contribution in [0.4, 0.5) is 11.6 Å². The molecule has 1 aromatic heterocycles. The molecule has 0 bridgehead atoms. The Labute approximate surface area is 105 Å². The first-order chi connectivity index (χ1) is 8.50. The van der Waals surface area contributed by atoms with Crippen molar-refractivity contribution < 1.29 is 9.66 Å². The monoisotopic (exact) mass is 254 g/mol. The minimum absolute atomic E-state index is 0.110. The van der Waals surface area contributed by atoms with E-state index in [0.717, 1.165) is 13.0 Å². The van der Waals surface area contributed by atoms with Gasteiger partial charge in [-0.05, 0) is 23.3 Å². The Morgan fingerprint density at radius 3 is 2.94 bits per heavy atom. The summed E-state index contributed by atoms with van der Waals surface area (Å²) in [6.07, 6.45) is 1.18. The van der Waals surface area contributed by atoms with Crippen molar-refractivity contribution in [2.45, 2.75) is 26.4 Å². The van der Waals surface area contributed by atoms with Crippen LogP contribution < -0.4 is 5.32 Å². The highest BCUT2D eigenvalue weighted by atomic mass is 16.6. The third-order valence-corrected chi connectivity index (χ3v) is 3.54. The highest BCUT2D eigenvalue weighted by Crippen LogP contribution is 2.26. The Kier molecular flexibility index (Phi) is 3.51. The summed E-state index contributed by atoms with van der Waals surface area (Å²) in [7, 11) is 1.77. The average Bonchev–Trinajstić information content (AvgIpc) is 2.83. The van der Waals surface area contributed by atoms with Crippen molar-refractivity contribution in [1.29, 1.82) is 0 Å². The zero-order valence-electron chi connectivity index (χ0n) is 10.8. The molecule has 0 amide bonds. The molecule has 1 aliphatic heterocycles. The summed E-state index contributed by atoms with van der Waals surface area (Å²) < 4.78 is 7.18. The van der Waals surface area contributed by atoms with Crippen molar-refractivity contribution in [2.75, 3.05) is 18.5 Å². The lowest BCUT2D eigenvalue weighted by atomic mass is 10.0. The van der Waals surface area contributed by atoms with Gasteiger partial charge in [0.2, 0.25) is 11.6 Å². The number of rotatable bonds is 4. The molecule has 0 aliphatic carbocycles. The second-order valence-electron chi connectivity index (χ2n) is 4.65. The van der Waals surface area contributed by atoms with Gasteiger partial charge in [-0.2, -0.15) is 0 Å². The first-order valence-corrected chi connectivity index (χ1v) is 6.04. The molecule has 7 heteroatoms. The molecule has 1 N–H and O–H groups in total. The third-order valence-electron chi connectivity index (χ3n) is 3.54. The first kappa shape index (κ1) is 12.8. The predicted octanol–water partition coefficient (Wildman–Crippen LogP) is 1.47. The molecule has 1 fully saturated rings. The fourth-order valence-corrected chi connectivity index (χ4v) is 2.19. The van der Waals surface area contributed by atoms with Gasteiger partial charge in [-0.3, -0.25) is 4.57 Å². The summed E-state index contributed by atoms with van der Waals surface area (Å²) in [4.78, 5) is 14.4. The number of nitro groups is 1. The predicted molar refractivity (Wildman–Crippen MR) is 66.6 cm³/mol. The van der Waals surface area contributed by atoms with E-state index in [0.29, 0.717) is 24.1 Å². The molecule has 2 atom stereocenters. The topological polar surface area (TPSA) is 82.2 Å². The van der Waals surface area contributed by atoms with E-state index in [2.05, 4.69) is 10.3 Å². The van der Waals surface area contributed by atoms with Crippen LogP contribution in [0.15, 0.2) is 0 Å². The molecule has 0 aromatic carbocycles. The van der Waals surface area contributed by atoms with Gasteiger partial charge in [0.25, 0.3) is 0 Å². The van der Waals surface area contributed by atoms with Crippen molar-refractivity contribution in [3.05, 3.63) is 15.9 Å². The lowest BCUT2D eigenvalue weighted by Crippen LogP contribution is -2.22. The maximum Gasteiger partial charge on any atom is 0.406 e. The molecule has 0 radical (unpaired) electrons. The van der Waals surface area contributed by atoms with E-state index in [9.17, 15) is 10.1 Å². The zero-order valence-corrected chi connectivity index (χ0v) is 10.8. The van der Waals surface area contributed by atoms with E-state index in [-0.39, 0.29) is 11.9 Å². The Hall–Kier alpha value is -1.63. The van der Waals surface area contributed by atoms with Gasteiger partial charge in [-0.1, -0.05) is 0 Å². The van der Waals surface area contributed by atoms with Crippen LogP contribution in [-0.2, 0) is 11.8 Å². The van der Waals surface area contributed by atoms with Crippen LogP contribution in [0.3, 0.4) is 0 Å². The molecule has 1 saturated heterocycles. The minimum atomic E-state index is -0.454. The normalized spacial score (nSPS) is 23.3.